The highest BCUT2D eigenvalue weighted by Gasteiger charge is 2.23. The molecule has 26 heavy (non-hydrogen) atoms. The van der Waals surface area contributed by atoms with Crippen molar-refractivity contribution in [3.63, 3.8) is 0 Å². The SMILES string of the molecule is COc1ccc(OC)c(CN2CCC(N(C)Cc3ccccc3)CC2)c1. The Morgan fingerprint density at radius 2 is 1.73 bits per heavy atom. The van der Waals surface area contributed by atoms with Crippen molar-refractivity contribution in [3.8, 4) is 11.5 Å². The van der Waals surface area contributed by atoms with E-state index in [0.29, 0.717) is 6.04 Å². The molecule has 140 valence electrons. The van der Waals surface area contributed by atoms with Crippen LogP contribution in [0.4, 0.5) is 0 Å². The molecule has 0 bridgehead atoms. The fourth-order valence-electron chi connectivity index (χ4n) is 3.77. The van der Waals surface area contributed by atoms with Gasteiger partial charge in [-0.3, -0.25) is 9.80 Å². The first kappa shape index (κ1) is 18.7. The predicted molar refractivity (Wildman–Crippen MR) is 106 cm³/mol. The first-order chi connectivity index (χ1) is 12.7. The Labute approximate surface area is 157 Å². The average Bonchev–Trinajstić information content (AvgIpc) is 2.69. The second-order valence-corrected chi connectivity index (χ2v) is 7.09. The fraction of sp³-hybridized carbons (Fsp3) is 0.455. The van der Waals surface area contributed by atoms with E-state index >= 15 is 0 Å². The summed E-state index contributed by atoms with van der Waals surface area (Å²) >= 11 is 0. The summed E-state index contributed by atoms with van der Waals surface area (Å²) in [6, 6.07) is 17.4. The van der Waals surface area contributed by atoms with Gasteiger partial charge in [0.15, 0.2) is 0 Å². The summed E-state index contributed by atoms with van der Waals surface area (Å²) in [7, 11) is 5.69. The molecule has 0 atom stereocenters. The molecule has 2 aromatic rings. The van der Waals surface area contributed by atoms with Gasteiger partial charge < -0.3 is 9.47 Å². The van der Waals surface area contributed by atoms with Gasteiger partial charge in [0.25, 0.3) is 0 Å². The third-order valence-corrected chi connectivity index (χ3v) is 5.34. The monoisotopic (exact) mass is 354 g/mol. The van der Waals surface area contributed by atoms with Crippen LogP contribution in [0.3, 0.4) is 0 Å². The van der Waals surface area contributed by atoms with Crippen molar-refractivity contribution in [1.29, 1.82) is 0 Å². The Morgan fingerprint density at radius 3 is 2.38 bits per heavy atom. The van der Waals surface area contributed by atoms with E-state index in [1.54, 1.807) is 14.2 Å². The van der Waals surface area contributed by atoms with E-state index in [-0.39, 0.29) is 0 Å². The minimum absolute atomic E-state index is 0.652. The maximum absolute atomic E-state index is 5.52. The first-order valence-electron chi connectivity index (χ1n) is 9.37. The number of rotatable bonds is 7. The number of benzene rings is 2. The molecule has 1 aliphatic rings. The number of hydrogen-bond acceptors (Lipinski definition) is 4. The molecule has 0 saturated carbocycles. The fourth-order valence-corrected chi connectivity index (χ4v) is 3.77. The van der Waals surface area contributed by atoms with Crippen LogP contribution in [0.5, 0.6) is 11.5 Å². The molecule has 0 amide bonds. The van der Waals surface area contributed by atoms with Gasteiger partial charge in [0.2, 0.25) is 0 Å². The van der Waals surface area contributed by atoms with Crippen LogP contribution in [0.1, 0.15) is 24.0 Å². The van der Waals surface area contributed by atoms with Gasteiger partial charge in [0, 0.05) is 24.7 Å². The Balaban J connectivity index is 1.54. The average molecular weight is 354 g/mol. The molecule has 0 spiro atoms. The van der Waals surface area contributed by atoms with Gasteiger partial charge in [-0.05, 0) is 56.7 Å². The van der Waals surface area contributed by atoms with Gasteiger partial charge in [-0.25, -0.2) is 0 Å². The highest BCUT2D eigenvalue weighted by Crippen LogP contribution is 2.27. The Kier molecular flexibility index (Phi) is 6.53. The van der Waals surface area contributed by atoms with Crippen molar-refractivity contribution < 1.29 is 9.47 Å². The third kappa shape index (κ3) is 4.77. The molecule has 1 saturated heterocycles. The van der Waals surface area contributed by atoms with E-state index in [1.165, 1.54) is 24.0 Å². The predicted octanol–water partition coefficient (Wildman–Crippen LogP) is 3.80. The second-order valence-electron chi connectivity index (χ2n) is 7.09. The van der Waals surface area contributed by atoms with Crippen LogP contribution < -0.4 is 9.47 Å². The van der Waals surface area contributed by atoms with E-state index in [0.717, 1.165) is 37.7 Å². The lowest BCUT2D eigenvalue weighted by molar-refractivity contribution is 0.118. The zero-order chi connectivity index (χ0) is 18.4. The quantitative estimate of drug-likeness (QED) is 0.755. The topological polar surface area (TPSA) is 24.9 Å². The number of hydrogen-bond donors (Lipinski definition) is 0. The second kappa shape index (κ2) is 9.06. The third-order valence-electron chi connectivity index (χ3n) is 5.34. The number of methoxy groups -OCH3 is 2. The molecular weight excluding hydrogens is 324 g/mol. The summed E-state index contributed by atoms with van der Waals surface area (Å²) in [6.45, 7) is 4.17. The van der Waals surface area contributed by atoms with E-state index in [1.807, 2.05) is 12.1 Å². The van der Waals surface area contributed by atoms with Crippen molar-refractivity contribution in [2.45, 2.75) is 32.0 Å². The van der Waals surface area contributed by atoms with Crippen LogP contribution >= 0.6 is 0 Å². The summed E-state index contributed by atoms with van der Waals surface area (Å²) < 4.78 is 10.9. The molecule has 0 aromatic heterocycles. The van der Waals surface area contributed by atoms with Crippen LogP contribution in [-0.4, -0.2) is 50.2 Å². The van der Waals surface area contributed by atoms with Gasteiger partial charge in [0.1, 0.15) is 11.5 Å². The largest absolute Gasteiger partial charge is 0.497 e. The molecule has 0 aliphatic carbocycles. The highest BCUT2D eigenvalue weighted by atomic mass is 16.5. The van der Waals surface area contributed by atoms with Crippen LogP contribution in [0.25, 0.3) is 0 Å². The lowest BCUT2D eigenvalue weighted by Gasteiger charge is -2.37. The number of ether oxygens (including phenoxy) is 2. The number of nitrogens with zero attached hydrogens (tertiary/aromatic N) is 2. The Bertz CT molecular complexity index is 682. The molecule has 1 heterocycles. The summed E-state index contributed by atoms with van der Waals surface area (Å²) in [5.74, 6) is 1.83. The maximum atomic E-state index is 5.52. The molecule has 1 fully saturated rings. The van der Waals surface area contributed by atoms with Gasteiger partial charge in [-0.2, -0.15) is 0 Å². The highest BCUT2D eigenvalue weighted by molar-refractivity contribution is 5.40. The smallest absolute Gasteiger partial charge is 0.123 e. The molecule has 4 nitrogen and oxygen atoms in total. The molecule has 0 radical (unpaired) electrons. The zero-order valence-electron chi connectivity index (χ0n) is 16.1. The van der Waals surface area contributed by atoms with Gasteiger partial charge >= 0.3 is 0 Å². The van der Waals surface area contributed by atoms with Crippen LogP contribution in [0.15, 0.2) is 48.5 Å². The van der Waals surface area contributed by atoms with Crippen molar-refractivity contribution in [3.05, 3.63) is 59.7 Å². The van der Waals surface area contributed by atoms with Crippen molar-refractivity contribution >= 4 is 0 Å². The van der Waals surface area contributed by atoms with Gasteiger partial charge in [-0.15, -0.1) is 0 Å². The van der Waals surface area contributed by atoms with Crippen molar-refractivity contribution in [2.24, 2.45) is 0 Å². The van der Waals surface area contributed by atoms with Gasteiger partial charge in [-0.1, -0.05) is 30.3 Å². The Morgan fingerprint density at radius 1 is 1.00 bits per heavy atom. The van der Waals surface area contributed by atoms with E-state index in [4.69, 9.17) is 9.47 Å². The minimum Gasteiger partial charge on any atom is -0.497 e. The molecular formula is C22H30N2O2. The Hall–Kier alpha value is -2.04. The summed E-state index contributed by atoms with van der Waals surface area (Å²) in [5, 5.41) is 0. The molecule has 1 aliphatic heterocycles. The summed E-state index contributed by atoms with van der Waals surface area (Å²) in [4.78, 5) is 5.02. The van der Waals surface area contributed by atoms with Gasteiger partial charge in [0.05, 0.1) is 14.2 Å². The molecule has 0 unspecified atom stereocenters. The maximum Gasteiger partial charge on any atom is 0.123 e. The minimum atomic E-state index is 0.652. The molecule has 2 aromatic carbocycles. The standard InChI is InChI=1S/C22H30N2O2/c1-23(16-18-7-5-4-6-8-18)20-11-13-24(14-12-20)17-19-15-21(25-2)9-10-22(19)26-3/h4-10,15,20H,11-14,16-17H2,1-3H3. The van der Waals surface area contributed by atoms with Crippen LogP contribution in [-0.2, 0) is 13.1 Å². The molecule has 4 heteroatoms. The molecule has 0 N–H and O–H groups in total. The van der Waals surface area contributed by atoms with E-state index < -0.39 is 0 Å². The molecule has 3 rings (SSSR count). The van der Waals surface area contributed by atoms with Crippen molar-refractivity contribution in [2.75, 3.05) is 34.4 Å². The lowest BCUT2D eigenvalue weighted by atomic mass is 10.0. The zero-order valence-corrected chi connectivity index (χ0v) is 16.1. The number of piperidine rings is 1. The lowest BCUT2D eigenvalue weighted by Crippen LogP contribution is -2.42. The van der Waals surface area contributed by atoms with E-state index in [2.05, 4.69) is 53.2 Å². The summed E-state index contributed by atoms with van der Waals surface area (Å²) in [5.41, 5.74) is 2.58. The first-order valence-corrected chi connectivity index (χ1v) is 9.37. The van der Waals surface area contributed by atoms with Crippen molar-refractivity contribution in [1.82, 2.24) is 9.80 Å². The van der Waals surface area contributed by atoms with E-state index in [9.17, 15) is 0 Å². The summed E-state index contributed by atoms with van der Waals surface area (Å²) in [6.07, 6.45) is 2.41. The van der Waals surface area contributed by atoms with Crippen LogP contribution in [0.2, 0.25) is 0 Å². The number of likely N-dealkylation sites (tertiary alicyclic amines) is 1. The normalized spacial score (nSPS) is 16.0. The van der Waals surface area contributed by atoms with Crippen LogP contribution in [0, 0.1) is 0 Å².